The molecule has 0 spiro atoms. The van der Waals surface area contributed by atoms with Crippen LogP contribution in [0.5, 0.6) is 5.75 Å². The van der Waals surface area contributed by atoms with Crippen molar-refractivity contribution in [3.05, 3.63) is 64.3 Å². The summed E-state index contributed by atoms with van der Waals surface area (Å²) in [7, 11) is 1.37. The van der Waals surface area contributed by atoms with Gasteiger partial charge in [0.25, 0.3) is 5.91 Å². The fraction of sp³-hybridized carbons (Fsp3) is 0.553. The molecule has 12 nitrogen and oxygen atoms in total. The fourth-order valence-electron chi connectivity index (χ4n) is 8.14. The third kappa shape index (κ3) is 8.77. The molecule has 0 atom stereocenters. The van der Waals surface area contributed by atoms with E-state index in [0.29, 0.717) is 35.2 Å². The summed E-state index contributed by atoms with van der Waals surface area (Å²) >= 11 is 0. The van der Waals surface area contributed by atoms with Gasteiger partial charge in [0, 0.05) is 45.8 Å². The number of piperazine rings is 1. The first-order chi connectivity index (χ1) is 25.6. The zero-order valence-electron chi connectivity index (χ0n) is 32.0. The minimum absolute atomic E-state index is 0.101. The molecule has 1 saturated carbocycles. The number of alkyl halides is 3. The van der Waals surface area contributed by atoms with E-state index in [2.05, 4.69) is 37.4 Å². The normalized spacial score (nSPS) is 20.7. The molecule has 0 radical (unpaired) electrons. The van der Waals surface area contributed by atoms with Crippen molar-refractivity contribution < 1.29 is 36.6 Å². The zero-order valence-corrected chi connectivity index (χ0v) is 32.9. The zero-order chi connectivity index (χ0) is 38.9. The van der Waals surface area contributed by atoms with Crippen molar-refractivity contribution in [1.29, 1.82) is 0 Å². The first-order valence-electron chi connectivity index (χ1n) is 18.7. The summed E-state index contributed by atoms with van der Waals surface area (Å²) in [5.74, 6) is -0.237. The Bertz CT molecular complexity index is 1820. The van der Waals surface area contributed by atoms with E-state index in [-0.39, 0.29) is 42.8 Å². The number of aromatic nitrogens is 2. The summed E-state index contributed by atoms with van der Waals surface area (Å²) in [4.78, 5) is 39.7. The number of nitrogens with zero attached hydrogens (tertiary/aromatic N) is 5. The number of benzene rings is 2. The molecule has 6 rings (SSSR count). The van der Waals surface area contributed by atoms with Gasteiger partial charge in [0.15, 0.2) is 0 Å². The summed E-state index contributed by atoms with van der Waals surface area (Å²) in [5, 5.41) is 5.86. The first-order valence-corrected chi connectivity index (χ1v) is 21.3. The molecule has 54 heavy (non-hydrogen) atoms. The Kier molecular flexibility index (Phi) is 11.8. The summed E-state index contributed by atoms with van der Waals surface area (Å²) < 4.78 is 60.2. The molecular formula is C38H53F3N7O5P. The number of amides is 1. The molecule has 0 unspecified atom stereocenters. The van der Waals surface area contributed by atoms with E-state index >= 15 is 0 Å². The van der Waals surface area contributed by atoms with Crippen molar-refractivity contribution in [3.8, 4) is 5.75 Å². The summed E-state index contributed by atoms with van der Waals surface area (Å²) in [6.07, 6.45) is 0.200. The maximum atomic E-state index is 14.4. The Morgan fingerprint density at radius 3 is 2.26 bits per heavy atom. The number of ether oxygens (including phenoxy) is 1. The standard InChI is InChI=1S/C38H53F3N7O5P/c1-7-52-54(6,50,53-8-2)24-25-9-15-31(33(21-25)51-5)44-37-42-22-30(38(39,40)41)35(45-37)43-32-16-14-28(29-23-47(4)36(49)34(29)32)26-10-12-27(13-11-26)48-19-17-46(3)18-20-48/h9,14-16,21-22,26-27,50H,7-8,10-13,17-20,23-24H2,1-6H3,(H2,42,43,44,45). The van der Waals surface area contributed by atoms with Gasteiger partial charge < -0.3 is 9.80 Å². The van der Waals surface area contributed by atoms with E-state index in [1.165, 1.54) is 7.11 Å². The van der Waals surface area contributed by atoms with Crippen molar-refractivity contribution in [2.75, 3.05) is 77.9 Å². The van der Waals surface area contributed by atoms with Gasteiger partial charge in [-0.2, -0.15) is 0 Å². The molecule has 1 aliphatic carbocycles. The van der Waals surface area contributed by atoms with Crippen LogP contribution in [0.4, 0.5) is 36.3 Å². The Morgan fingerprint density at radius 2 is 1.63 bits per heavy atom. The number of hydrogen-bond donors (Lipinski definition) is 3. The van der Waals surface area contributed by atoms with Gasteiger partial charge in [-0.3, -0.25) is 9.69 Å². The number of carbonyl (C=O) groups is 1. The summed E-state index contributed by atoms with van der Waals surface area (Å²) in [5.41, 5.74) is 2.59. The van der Waals surface area contributed by atoms with Gasteiger partial charge in [0.05, 0.1) is 0 Å². The second-order valence-electron chi connectivity index (χ2n) is 14.8. The van der Waals surface area contributed by atoms with Gasteiger partial charge in [0.2, 0.25) is 0 Å². The number of hydrogen-bond acceptors (Lipinski definition) is 11. The number of rotatable bonds is 13. The summed E-state index contributed by atoms with van der Waals surface area (Å²) in [6, 6.07) is 9.32. The second kappa shape index (κ2) is 15.9. The summed E-state index contributed by atoms with van der Waals surface area (Å²) in [6.45, 7) is 10.4. The van der Waals surface area contributed by atoms with Crippen LogP contribution in [0.3, 0.4) is 0 Å². The van der Waals surface area contributed by atoms with Crippen LogP contribution in [0.15, 0.2) is 36.5 Å². The van der Waals surface area contributed by atoms with Crippen LogP contribution >= 0.6 is 7.28 Å². The number of methoxy groups -OCH3 is 1. The molecular weight excluding hydrogens is 722 g/mol. The molecule has 3 aliphatic rings. The Labute approximate surface area is 315 Å². The third-order valence-corrected chi connectivity index (χ3v) is 13.7. The van der Waals surface area contributed by atoms with Gasteiger partial charge in [-0.15, -0.1) is 0 Å². The molecule has 3 N–H and O–H groups in total. The molecule has 16 heteroatoms. The van der Waals surface area contributed by atoms with E-state index in [1.54, 1.807) is 56.7 Å². The van der Waals surface area contributed by atoms with Crippen LogP contribution in [0, 0.1) is 0 Å². The van der Waals surface area contributed by atoms with Gasteiger partial charge in [0.1, 0.15) is 0 Å². The van der Waals surface area contributed by atoms with Crippen molar-refractivity contribution in [2.24, 2.45) is 0 Å². The van der Waals surface area contributed by atoms with Crippen molar-refractivity contribution >= 4 is 36.3 Å². The minimum atomic E-state index is -4.77. The van der Waals surface area contributed by atoms with Gasteiger partial charge in [-0.25, -0.2) is 0 Å². The Morgan fingerprint density at radius 1 is 0.963 bits per heavy atom. The van der Waals surface area contributed by atoms with Crippen molar-refractivity contribution in [1.82, 2.24) is 24.7 Å². The molecule has 2 aliphatic heterocycles. The van der Waals surface area contributed by atoms with Gasteiger partial charge in [-0.1, -0.05) is 6.07 Å². The molecule has 0 bridgehead atoms. The van der Waals surface area contributed by atoms with Crippen LogP contribution in [0.1, 0.15) is 78.1 Å². The van der Waals surface area contributed by atoms with Crippen LogP contribution < -0.4 is 15.4 Å². The SMILES string of the molecule is CCOP(C)(O)(Cc1ccc(Nc2ncc(C(F)(F)F)c(Nc3ccc(C4CCC(N5CCN(C)CC5)CC4)c4c3C(=O)N(C)C4)n2)c(OC)c1)OCC. The predicted molar refractivity (Wildman–Crippen MR) is 205 cm³/mol. The molecule has 1 amide bonds. The quantitative estimate of drug-likeness (QED) is 0.151. The number of nitrogens with one attached hydrogen (secondary N) is 2. The third-order valence-electron chi connectivity index (χ3n) is 10.8. The number of fused-ring (bicyclic) bond motifs is 1. The molecule has 2 fully saturated rings. The fourth-order valence-corrected chi connectivity index (χ4v) is 10.7. The van der Waals surface area contributed by atoms with Gasteiger partial charge >= 0.3 is 189 Å². The molecule has 1 aromatic heterocycles. The van der Waals surface area contributed by atoms with Crippen LogP contribution in [-0.4, -0.2) is 109 Å². The predicted octanol–water partition coefficient (Wildman–Crippen LogP) is 7.34. The number of carbonyl (C=O) groups excluding carboxylic acids is 1. The van der Waals surface area contributed by atoms with Crippen molar-refractivity contribution in [3.63, 3.8) is 0 Å². The van der Waals surface area contributed by atoms with E-state index in [4.69, 9.17) is 13.8 Å². The van der Waals surface area contributed by atoms with Crippen LogP contribution in [0.25, 0.3) is 0 Å². The van der Waals surface area contributed by atoms with Crippen LogP contribution in [-0.2, 0) is 27.9 Å². The van der Waals surface area contributed by atoms with Crippen molar-refractivity contribution in [2.45, 2.75) is 70.4 Å². The molecule has 2 aromatic carbocycles. The van der Waals surface area contributed by atoms with E-state index in [0.717, 1.165) is 69.2 Å². The van der Waals surface area contributed by atoms with E-state index in [9.17, 15) is 22.9 Å². The number of halogens is 3. The first kappa shape index (κ1) is 40.1. The van der Waals surface area contributed by atoms with Crippen LogP contribution in [0.2, 0.25) is 0 Å². The average molecular weight is 776 g/mol. The maximum absolute atomic E-state index is 14.4. The van der Waals surface area contributed by atoms with Gasteiger partial charge in [-0.05, 0) is 49.8 Å². The number of anilines is 4. The Balaban J connectivity index is 1.25. The van der Waals surface area contributed by atoms with E-state index in [1.807, 2.05) is 6.07 Å². The molecule has 296 valence electrons. The van der Waals surface area contributed by atoms with E-state index < -0.39 is 24.8 Å². The Hall–Kier alpha value is -3.59. The molecule has 3 aromatic rings. The molecule has 3 heterocycles. The average Bonchev–Trinajstić information content (AvgIpc) is 3.42. The number of likely N-dealkylation sites (N-methyl/N-ethyl adjacent to an activating group) is 1. The second-order valence-corrected chi connectivity index (χ2v) is 18.7. The monoisotopic (exact) mass is 775 g/mol. The molecule has 1 saturated heterocycles. The topological polar surface area (TPSA) is 125 Å².